The van der Waals surface area contributed by atoms with Gasteiger partial charge in [-0.15, -0.1) is 0 Å². The number of nitrogens with one attached hydrogen (secondary N) is 2. The summed E-state index contributed by atoms with van der Waals surface area (Å²) >= 11 is 0. The number of aromatic nitrogens is 3. The Morgan fingerprint density at radius 2 is 2.03 bits per heavy atom. The minimum Gasteiger partial charge on any atom is -0.481 e. The van der Waals surface area contributed by atoms with Crippen LogP contribution >= 0.6 is 0 Å². The lowest BCUT2D eigenvalue weighted by Gasteiger charge is -2.53. The lowest BCUT2D eigenvalue weighted by atomic mass is 9.69. The molecule has 7 rings (SSSR count). The molecule has 0 unspecified atom stereocenters. The van der Waals surface area contributed by atoms with Crippen LogP contribution in [0.15, 0.2) is 30.5 Å². The molecular weight excluding hydrogens is 488 g/mol. The number of anilines is 1. The van der Waals surface area contributed by atoms with Crippen LogP contribution in [-0.4, -0.2) is 58.2 Å². The van der Waals surface area contributed by atoms with Gasteiger partial charge in [-0.25, -0.2) is 9.97 Å². The van der Waals surface area contributed by atoms with E-state index in [1.54, 1.807) is 13.2 Å². The maximum Gasteiger partial charge on any atom is 0.263 e. The largest absolute Gasteiger partial charge is 0.481 e. The van der Waals surface area contributed by atoms with E-state index in [0.29, 0.717) is 53.6 Å². The molecule has 2 amide bonds. The number of amides is 2. The second kappa shape index (κ2) is 9.48. The summed E-state index contributed by atoms with van der Waals surface area (Å²) in [5.41, 5.74) is 8.66. The minimum absolute atomic E-state index is 0.0143. The normalized spacial score (nSPS) is 24.0. The van der Waals surface area contributed by atoms with Gasteiger partial charge in [0, 0.05) is 24.3 Å². The first-order valence-electron chi connectivity index (χ1n) is 12.8. The fourth-order valence-electron chi connectivity index (χ4n) is 5.73. The van der Waals surface area contributed by atoms with E-state index in [1.165, 1.54) is 6.20 Å². The summed E-state index contributed by atoms with van der Waals surface area (Å²) in [4.78, 5) is 37.3. The van der Waals surface area contributed by atoms with E-state index in [2.05, 4.69) is 25.6 Å². The molecule has 11 nitrogen and oxygen atoms in total. The molecule has 3 fully saturated rings. The molecule has 3 aromatic heterocycles. The second-order valence-corrected chi connectivity index (χ2v) is 10.3. The van der Waals surface area contributed by atoms with Gasteiger partial charge in [0.2, 0.25) is 5.88 Å². The van der Waals surface area contributed by atoms with Crippen LogP contribution in [0, 0.1) is 0 Å². The van der Waals surface area contributed by atoms with Crippen LogP contribution in [0.2, 0.25) is 0 Å². The van der Waals surface area contributed by atoms with Crippen LogP contribution in [-0.2, 0) is 22.5 Å². The molecule has 1 saturated carbocycles. The fraction of sp³-hybridized carbons (Fsp3) is 0.444. The number of pyridine rings is 3. The third-order valence-corrected chi connectivity index (χ3v) is 8.05. The Bertz CT molecular complexity index is 1400. The number of aryl methyl sites for hydroxylation is 1. The Kier molecular flexibility index (Phi) is 6.11. The van der Waals surface area contributed by atoms with Crippen molar-refractivity contribution in [3.05, 3.63) is 47.3 Å². The Morgan fingerprint density at radius 3 is 2.76 bits per heavy atom. The maximum absolute atomic E-state index is 12.2. The number of methoxy groups -OCH3 is 1. The van der Waals surface area contributed by atoms with Crippen LogP contribution in [0.1, 0.15) is 53.7 Å². The molecule has 1 aliphatic carbocycles. The predicted octanol–water partition coefficient (Wildman–Crippen LogP) is 2.27. The molecule has 38 heavy (non-hydrogen) atoms. The SMILES string of the molecule is COc1ccc2ncc(C(N)=O)c(CCC34CCC(NCc5ccc6c(n5)NC(=O)CO6)(CC3)CO4)c2n1. The van der Waals surface area contributed by atoms with Gasteiger partial charge in [-0.1, -0.05) is 0 Å². The number of primary amides is 1. The average molecular weight is 519 g/mol. The zero-order valence-electron chi connectivity index (χ0n) is 21.2. The monoisotopic (exact) mass is 518 g/mol. The van der Waals surface area contributed by atoms with Gasteiger partial charge >= 0.3 is 0 Å². The smallest absolute Gasteiger partial charge is 0.263 e. The molecule has 2 bridgehead atoms. The number of hydrogen-bond donors (Lipinski definition) is 3. The van der Waals surface area contributed by atoms with Gasteiger partial charge in [0.05, 0.1) is 41.6 Å². The Labute approximate surface area is 219 Å². The van der Waals surface area contributed by atoms with Gasteiger partial charge in [-0.2, -0.15) is 0 Å². The topological polar surface area (TPSA) is 151 Å². The average Bonchev–Trinajstić information content (AvgIpc) is 2.95. The predicted molar refractivity (Wildman–Crippen MR) is 138 cm³/mol. The summed E-state index contributed by atoms with van der Waals surface area (Å²) < 4.78 is 17.2. The standard InChI is InChI=1S/C27H30N6O5/c1-36-22-5-3-19-23(33-22)17(18(13-29-19)24(28)35)6-7-27-10-8-26(9-11-27,15-38-27)30-12-16-2-4-20-25(31-16)32-21(34)14-37-20/h2-5,13,30H,6-12,14-15H2,1H3,(H2,28,35)(H,31,32,34). The van der Waals surface area contributed by atoms with Crippen LogP contribution < -0.4 is 25.8 Å². The first-order valence-corrected chi connectivity index (χ1v) is 12.8. The molecule has 0 aromatic carbocycles. The number of fused-ring (bicyclic) bond motifs is 5. The van der Waals surface area contributed by atoms with Crippen LogP contribution in [0.5, 0.6) is 11.6 Å². The van der Waals surface area contributed by atoms with E-state index in [0.717, 1.165) is 43.4 Å². The molecule has 3 aliphatic heterocycles. The number of ether oxygens (including phenoxy) is 3. The number of nitrogens with two attached hydrogens (primary N) is 1. The van der Waals surface area contributed by atoms with E-state index in [-0.39, 0.29) is 23.7 Å². The summed E-state index contributed by atoms with van der Waals surface area (Å²) in [5, 5.41) is 6.43. The lowest BCUT2D eigenvalue weighted by Crippen LogP contribution is -2.61. The molecule has 3 aromatic rings. The minimum atomic E-state index is -0.519. The molecular formula is C27H30N6O5. The summed E-state index contributed by atoms with van der Waals surface area (Å²) in [6.45, 7) is 1.18. The highest BCUT2D eigenvalue weighted by Gasteiger charge is 2.49. The van der Waals surface area contributed by atoms with Crippen molar-refractivity contribution >= 4 is 28.7 Å². The van der Waals surface area contributed by atoms with E-state index in [4.69, 9.17) is 19.9 Å². The summed E-state index contributed by atoms with van der Waals surface area (Å²) in [7, 11) is 1.56. The molecule has 0 radical (unpaired) electrons. The van der Waals surface area contributed by atoms with E-state index in [9.17, 15) is 9.59 Å². The maximum atomic E-state index is 12.2. The van der Waals surface area contributed by atoms with Crippen molar-refractivity contribution in [2.24, 2.45) is 5.73 Å². The van der Waals surface area contributed by atoms with Gasteiger partial charge < -0.3 is 30.6 Å². The van der Waals surface area contributed by atoms with Crippen molar-refractivity contribution < 1.29 is 23.8 Å². The van der Waals surface area contributed by atoms with Crippen LogP contribution in [0.4, 0.5) is 5.82 Å². The van der Waals surface area contributed by atoms with Gasteiger partial charge in [-0.05, 0) is 62.3 Å². The van der Waals surface area contributed by atoms with Crippen molar-refractivity contribution in [2.75, 3.05) is 25.6 Å². The highest BCUT2D eigenvalue weighted by molar-refractivity contribution is 5.98. The molecule has 0 spiro atoms. The van der Waals surface area contributed by atoms with E-state index >= 15 is 0 Å². The zero-order valence-corrected chi connectivity index (χ0v) is 21.2. The van der Waals surface area contributed by atoms with Gasteiger partial charge in [-0.3, -0.25) is 14.6 Å². The number of nitrogens with zero attached hydrogens (tertiary/aromatic N) is 3. The quantitative estimate of drug-likeness (QED) is 0.408. The Hall–Kier alpha value is -3.83. The molecule has 11 heteroatoms. The number of carbonyl (C=O) groups is 2. The van der Waals surface area contributed by atoms with Crippen molar-refractivity contribution in [3.63, 3.8) is 0 Å². The molecule has 4 N–H and O–H groups in total. The zero-order chi connectivity index (χ0) is 26.3. The molecule has 0 atom stereocenters. The third-order valence-electron chi connectivity index (χ3n) is 8.05. The van der Waals surface area contributed by atoms with E-state index < -0.39 is 5.91 Å². The van der Waals surface area contributed by atoms with Crippen molar-refractivity contribution in [2.45, 2.75) is 56.2 Å². The highest BCUT2D eigenvalue weighted by atomic mass is 16.5. The lowest BCUT2D eigenvalue weighted by molar-refractivity contribution is -0.165. The summed E-state index contributed by atoms with van der Waals surface area (Å²) in [5.74, 6) is 0.799. The molecule has 6 heterocycles. The number of rotatable bonds is 8. The number of hydrogen-bond acceptors (Lipinski definition) is 9. The second-order valence-electron chi connectivity index (χ2n) is 10.3. The third kappa shape index (κ3) is 4.52. The van der Waals surface area contributed by atoms with Crippen molar-refractivity contribution in [1.29, 1.82) is 0 Å². The van der Waals surface area contributed by atoms with E-state index in [1.807, 2.05) is 18.2 Å². The van der Waals surface area contributed by atoms with Gasteiger partial charge in [0.15, 0.2) is 18.2 Å². The van der Waals surface area contributed by atoms with Crippen LogP contribution in [0.25, 0.3) is 11.0 Å². The van der Waals surface area contributed by atoms with Gasteiger partial charge in [0.25, 0.3) is 11.8 Å². The van der Waals surface area contributed by atoms with Crippen molar-refractivity contribution in [1.82, 2.24) is 20.3 Å². The summed E-state index contributed by atoms with van der Waals surface area (Å²) in [6.07, 6.45) is 6.67. The van der Waals surface area contributed by atoms with Gasteiger partial charge in [0.1, 0.15) is 0 Å². The first kappa shape index (κ1) is 24.5. The molecule has 2 saturated heterocycles. The highest BCUT2D eigenvalue weighted by Crippen LogP contribution is 2.46. The fourth-order valence-corrected chi connectivity index (χ4v) is 5.73. The van der Waals surface area contributed by atoms with Crippen molar-refractivity contribution in [3.8, 4) is 11.6 Å². The molecule has 198 valence electrons. The van der Waals surface area contributed by atoms with Crippen LogP contribution in [0.3, 0.4) is 0 Å². The Morgan fingerprint density at radius 1 is 1.18 bits per heavy atom. The first-order chi connectivity index (χ1) is 18.4. The number of carbonyl (C=O) groups excluding carboxylic acids is 2. The molecule has 4 aliphatic rings. The Balaban J connectivity index is 1.13. The summed E-state index contributed by atoms with van der Waals surface area (Å²) in [6, 6.07) is 7.34.